The molecule has 8 aromatic rings. The Morgan fingerprint density at radius 2 is 0.973 bits per heavy atom. The second-order valence-electron chi connectivity index (χ2n) is 9.45. The number of aromatic nitrogens is 3. The van der Waals surface area contributed by atoms with E-state index < -0.39 is 0 Å². The van der Waals surface area contributed by atoms with Crippen molar-refractivity contribution in [1.29, 1.82) is 0 Å². The van der Waals surface area contributed by atoms with Crippen molar-refractivity contribution >= 4 is 54.3 Å². The molecule has 0 saturated heterocycles. The van der Waals surface area contributed by atoms with Crippen LogP contribution in [0, 0.1) is 0 Å². The number of fused-ring (bicyclic) bond motifs is 7. The molecule has 0 aliphatic rings. The number of benzene rings is 6. The average molecular weight is 472 g/mol. The van der Waals surface area contributed by atoms with Crippen molar-refractivity contribution in [3.63, 3.8) is 0 Å². The van der Waals surface area contributed by atoms with Crippen LogP contribution >= 0.6 is 0 Å². The molecule has 0 fully saturated rings. The summed E-state index contributed by atoms with van der Waals surface area (Å²) >= 11 is 0. The van der Waals surface area contributed by atoms with Crippen molar-refractivity contribution in [1.82, 2.24) is 14.5 Å². The van der Waals surface area contributed by atoms with Gasteiger partial charge in [-0.3, -0.25) is 4.57 Å². The van der Waals surface area contributed by atoms with Gasteiger partial charge in [0, 0.05) is 21.7 Å². The van der Waals surface area contributed by atoms with E-state index in [9.17, 15) is 0 Å². The molecule has 2 heterocycles. The first-order valence-corrected chi connectivity index (χ1v) is 12.5. The summed E-state index contributed by atoms with van der Waals surface area (Å²) in [6.07, 6.45) is 0. The number of para-hydroxylation sites is 3. The molecule has 172 valence electrons. The second-order valence-corrected chi connectivity index (χ2v) is 9.45. The van der Waals surface area contributed by atoms with E-state index in [1.807, 2.05) is 6.07 Å². The Labute approximate surface area is 213 Å². The van der Waals surface area contributed by atoms with Gasteiger partial charge in [-0.2, -0.15) is 0 Å². The Morgan fingerprint density at radius 1 is 0.432 bits per heavy atom. The molecule has 8 rings (SSSR count). The van der Waals surface area contributed by atoms with Gasteiger partial charge in [-0.15, -0.1) is 0 Å². The van der Waals surface area contributed by atoms with E-state index in [4.69, 9.17) is 9.97 Å². The number of hydrogen-bond donors (Lipinski definition) is 0. The molecule has 0 unspecified atom stereocenters. The first-order chi connectivity index (χ1) is 18.4. The van der Waals surface area contributed by atoms with Crippen LogP contribution < -0.4 is 0 Å². The zero-order valence-corrected chi connectivity index (χ0v) is 20.0. The Morgan fingerprint density at radius 3 is 1.70 bits per heavy atom. The highest BCUT2D eigenvalue weighted by Gasteiger charge is 2.18. The van der Waals surface area contributed by atoms with Crippen LogP contribution in [0.1, 0.15) is 0 Å². The molecule has 37 heavy (non-hydrogen) atoms. The molecule has 0 spiro atoms. The number of hydrogen-bond acceptors (Lipinski definition) is 2. The highest BCUT2D eigenvalue weighted by atomic mass is 15.2. The molecule has 2 aromatic heterocycles. The Hall–Kier alpha value is -5.02. The third kappa shape index (κ3) is 2.95. The van der Waals surface area contributed by atoms with Crippen LogP contribution in [-0.4, -0.2) is 14.5 Å². The SMILES string of the molecule is c1ccc2c(c1)cc(-c1nc(-n3c4ccccc4c4ccccc43)nc3ccccc13)c1ccccc12. The molecule has 0 N–H and O–H groups in total. The van der Waals surface area contributed by atoms with Crippen molar-refractivity contribution in [3.8, 4) is 17.2 Å². The maximum Gasteiger partial charge on any atom is 0.235 e. The molecule has 0 amide bonds. The minimum absolute atomic E-state index is 0.684. The summed E-state index contributed by atoms with van der Waals surface area (Å²) in [4.78, 5) is 10.4. The smallest absolute Gasteiger partial charge is 0.235 e. The zero-order valence-electron chi connectivity index (χ0n) is 20.0. The van der Waals surface area contributed by atoms with E-state index in [-0.39, 0.29) is 0 Å². The van der Waals surface area contributed by atoms with Gasteiger partial charge in [-0.1, -0.05) is 103 Å². The van der Waals surface area contributed by atoms with Crippen LogP contribution in [-0.2, 0) is 0 Å². The van der Waals surface area contributed by atoms with Crippen molar-refractivity contribution < 1.29 is 0 Å². The molecule has 0 bridgehead atoms. The van der Waals surface area contributed by atoms with Gasteiger partial charge in [-0.25, -0.2) is 9.97 Å². The van der Waals surface area contributed by atoms with Crippen LogP contribution in [0.3, 0.4) is 0 Å². The second kappa shape index (κ2) is 7.74. The minimum atomic E-state index is 0.684. The average Bonchev–Trinajstić information content (AvgIpc) is 3.31. The van der Waals surface area contributed by atoms with E-state index in [2.05, 4.69) is 126 Å². The van der Waals surface area contributed by atoms with Crippen molar-refractivity contribution in [3.05, 3.63) is 127 Å². The minimum Gasteiger partial charge on any atom is -0.278 e. The Balaban J connectivity index is 1.53. The molecular weight excluding hydrogens is 450 g/mol. The lowest BCUT2D eigenvalue weighted by atomic mass is 9.94. The van der Waals surface area contributed by atoms with Crippen LogP contribution in [0.4, 0.5) is 0 Å². The fourth-order valence-corrected chi connectivity index (χ4v) is 5.76. The number of nitrogens with zero attached hydrogens (tertiary/aromatic N) is 3. The monoisotopic (exact) mass is 471 g/mol. The van der Waals surface area contributed by atoms with Gasteiger partial charge < -0.3 is 0 Å². The topological polar surface area (TPSA) is 30.7 Å². The quantitative estimate of drug-likeness (QED) is 0.236. The lowest BCUT2D eigenvalue weighted by Gasteiger charge is -2.14. The van der Waals surface area contributed by atoms with E-state index >= 15 is 0 Å². The first kappa shape index (κ1) is 20.2. The predicted octanol–water partition coefficient (Wildman–Crippen LogP) is 8.70. The van der Waals surface area contributed by atoms with E-state index in [0.29, 0.717) is 5.95 Å². The Bertz CT molecular complexity index is 2100. The molecular formula is C34H21N3. The molecule has 6 aromatic carbocycles. The highest BCUT2D eigenvalue weighted by Crippen LogP contribution is 2.38. The van der Waals surface area contributed by atoms with Crippen molar-refractivity contribution in [2.24, 2.45) is 0 Å². The maximum atomic E-state index is 5.32. The molecule has 3 nitrogen and oxygen atoms in total. The van der Waals surface area contributed by atoms with Gasteiger partial charge in [0.1, 0.15) is 0 Å². The van der Waals surface area contributed by atoms with Crippen molar-refractivity contribution in [2.45, 2.75) is 0 Å². The van der Waals surface area contributed by atoms with E-state index in [0.717, 1.165) is 33.2 Å². The van der Waals surface area contributed by atoms with Crippen LogP contribution in [0.5, 0.6) is 0 Å². The standard InChI is InChI=1S/C34H21N3/c1-2-12-23-22(11-1)21-29(25-14-4-3-13-24(23)25)33-28-17-5-8-18-30(28)35-34(36-33)37-31-19-9-6-15-26(31)27-16-7-10-20-32(27)37/h1-21H. The Kier molecular flexibility index (Phi) is 4.23. The van der Waals surface area contributed by atoms with Gasteiger partial charge in [-0.05, 0) is 45.8 Å². The summed E-state index contributed by atoms with van der Waals surface area (Å²) in [6.45, 7) is 0. The molecule has 0 aliphatic carbocycles. The van der Waals surface area contributed by atoms with Crippen molar-refractivity contribution in [2.75, 3.05) is 0 Å². The fraction of sp³-hybridized carbons (Fsp3) is 0. The van der Waals surface area contributed by atoms with Gasteiger partial charge >= 0.3 is 0 Å². The summed E-state index contributed by atoms with van der Waals surface area (Å²) in [5, 5.41) is 8.34. The van der Waals surface area contributed by atoms with E-state index in [1.165, 1.54) is 32.3 Å². The normalized spacial score (nSPS) is 11.8. The summed E-state index contributed by atoms with van der Waals surface area (Å²) < 4.78 is 2.20. The lowest BCUT2D eigenvalue weighted by molar-refractivity contribution is 1.01. The van der Waals surface area contributed by atoms with Gasteiger partial charge in [0.15, 0.2) is 0 Å². The predicted molar refractivity (Wildman–Crippen MR) is 154 cm³/mol. The van der Waals surface area contributed by atoms with Crippen LogP contribution in [0.2, 0.25) is 0 Å². The lowest BCUT2D eigenvalue weighted by Crippen LogP contribution is -2.03. The summed E-state index contributed by atoms with van der Waals surface area (Å²) in [5.74, 6) is 0.684. The van der Waals surface area contributed by atoms with Gasteiger partial charge in [0.25, 0.3) is 0 Å². The molecule has 0 aliphatic heterocycles. The van der Waals surface area contributed by atoms with Gasteiger partial charge in [0.05, 0.1) is 22.2 Å². The van der Waals surface area contributed by atoms with Crippen LogP contribution in [0.15, 0.2) is 127 Å². The number of rotatable bonds is 2. The molecule has 3 heteroatoms. The molecule has 0 radical (unpaired) electrons. The summed E-state index contributed by atoms with van der Waals surface area (Å²) in [6, 6.07) is 44.8. The van der Waals surface area contributed by atoms with Gasteiger partial charge in [0.2, 0.25) is 5.95 Å². The third-order valence-corrected chi connectivity index (χ3v) is 7.39. The largest absolute Gasteiger partial charge is 0.278 e. The maximum absolute atomic E-state index is 5.32. The third-order valence-electron chi connectivity index (χ3n) is 7.39. The summed E-state index contributed by atoms with van der Waals surface area (Å²) in [7, 11) is 0. The van der Waals surface area contributed by atoms with E-state index in [1.54, 1.807) is 0 Å². The zero-order chi connectivity index (χ0) is 24.3. The highest BCUT2D eigenvalue weighted by molar-refractivity contribution is 6.15. The molecule has 0 saturated carbocycles. The van der Waals surface area contributed by atoms with Crippen LogP contribution in [0.25, 0.3) is 71.5 Å². The first-order valence-electron chi connectivity index (χ1n) is 12.5. The summed E-state index contributed by atoms with van der Waals surface area (Å²) in [5.41, 5.74) is 5.21. The molecule has 0 atom stereocenters. The fourth-order valence-electron chi connectivity index (χ4n) is 5.76.